The Bertz CT molecular complexity index is 1190. The van der Waals surface area contributed by atoms with E-state index in [1.807, 2.05) is 23.1 Å². The van der Waals surface area contributed by atoms with Gasteiger partial charge in [0, 0.05) is 44.4 Å². The molecule has 3 aliphatic rings. The summed E-state index contributed by atoms with van der Waals surface area (Å²) in [7, 11) is 1.59. The first-order valence-electron chi connectivity index (χ1n) is 13.6. The first-order valence-corrected chi connectivity index (χ1v) is 13.6. The lowest BCUT2D eigenvalue weighted by atomic mass is 9.89. The Hall–Kier alpha value is -3.86. The van der Waals surface area contributed by atoms with Gasteiger partial charge in [-0.3, -0.25) is 24.6 Å². The van der Waals surface area contributed by atoms with Gasteiger partial charge in [-0.1, -0.05) is 12.1 Å². The Labute approximate surface area is 228 Å². The zero-order valence-corrected chi connectivity index (χ0v) is 22.4. The van der Waals surface area contributed by atoms with E-state index in [4.69, 9.17) is 10.5 Å². The number of aromatic nitrogens is 1. The first kappa shape index (κ1) is 26.7. The lowest BCUT2D eigenvalue weighted by Gasteiger charge is -2.37. The standard InChI is InChI=1S/C28H37N7O4/c1-39-24-16-25(30-17-22(24)29)34-12-14-35(15-13-34)27(37)18-33-10-8-20(9-11-33)19-2-4-21(5-3-19)31-23-6-7-26(36)32-28(23)38/h2-5,16-17,20,23,31H,6-15,18,29H2,1H3,(H,32,36,38). The number of hydrogen-bond donors (Lipinski definition) is 3. The average Bonchev–Trinajstić information content (AvgIpc) is 2.96. The van der Waals surface area contributed by atoms with E-state index in [1.54, 1.807) is 13.3 Å². The molecule has 5 rings (SSSR count). The number of likely N-dealkylation sites (tertiary alicyclic amines) is 1. The molecule has 4 heterocycles. The van der Waals surface area contributed by atoms with Crippen molar-refractivity contribution >= 4 is 34.9 Å². The fourth-order valence-electron chi connectivity index (χ4n) is 5.57. The van der Waals surface area contributed by atoms with Crippen LogP contribution in [0, 0.1) is 0 Å². The van der Waals surface area contributed by atoms with Crippen molar-refractivity contribution in [1.29, 1.82) is 0 Å². The van der Waals surface area contributed by atoms with Crippen LogP contribution in [-0.4, -0.2) is 91.5 Å². The number of ether oxygens (including phenoxy) is 1. The average molecular weight is 536 g/mol. The molecule has 0 bridgehead atoms. The summed E-state index contributed by atoms with van der Waals surface area (Å²) in [6.45, 7) is 5.02. The maximum atomic E-state index is 13.0. The fraction of sp³-hybridized carbons (Fsp3) is 0.500. The highest BCUT2D eigenvalue weighted by Crippen LogP contribution is 2.29. The summed E-state index contributed by atoms with van der Waals surface area (Å²) in [5, 5.41) is 5.61. The third-order valence-corrected chi connectivity index (χ3v) is 7.97. The van der Waals surface area contributed by atoms with Gasteiger partial charge < -0.3 is 25.6 Å². The number of nitrogen functional groups attached to an aromatic ring is 1. The molecule has 11 nitrogen and oxygen atoms in total. The van der Waals surface area contributed by atoms with Crippen LogP contribution in [0.2, 0.25) is 0 Å². The molecule has 3 aliphatic heterocycles. The van der Waals surface area contributed by atoms with Crippen LogP contribution in [0.15, 0.2) is 36.5 Å². The number of piperidine rings is 2. The summed E-state index contributed by atoms with van der Waals surface area (Å²) < 4.78 is 5.31. The first-order chi connectivity index (χ1) is 18.9. The highest BCUT2D eigenvalue weighted by atomic mass is 16.5. The molecule has 3 fully saturated rings. The van der Waals surface area contributed by atoms with Crippen molar-refractivity contribution in [3.8, 4) is 5.75 Å². The highest BCUT2D eigenvalue weighted by Gasteiger charge is 2.28. The van der Waals surface area contributed by atoms with Crippen molar-refractivity contribution in [3.63, 3.8) is 0 Å². The molecule has 3 amide bonds. The highest BCUT2D eigenvalue weighted by molar-refractivity contribution is 6.01. The van der Waals surface area contributed by atoms with Crippen LogP contribution >= 0.6 is 0 Å². The van der Waals surface area contributed by atoms with Crippen molar-refractivity contribution in [2.75, 3.05) is 68.9 Å². The van der Waals surface area contributed by atoms with Crippen molar-refractivity contribution in [2.45, 2.75) is 37.6 Å². The number of nitrogens with two attached hydrogens (primary N) is 1. The van der Waals surface area contributed by atoms with Gasteiger partial charge in [-0.05, 0) is 56.0 Å². The number of carbonyl (C=O) groups excluding carboxylic acids is 3. The second kappa shape index (κ2) is 11.9. The van der Waals surface area contributed by atoms with Crippen LogP contribution in [-0.2, 0) is 14.4 Å². The molecule has 39 heavy (non-hydrogen) atoms. The van der Waals surface area contributed by atoms with Gasteiger partial charge in [0.25, 0.3) is 0 Å². The lowest BCUT2D eigenvalue weighted by molar-refractivity contribution is -0.134. The van der Waals surface area contributed by atoms with Crippen LogP contribution in [0.4, 0.5) is 17.2 Å². The fourth-order valence-corrected chi connectivity index (χ4v) is 5.57. The van der Waals surface area contributed by atoms with Gasteiger partial charge >= 0.3 is 0 Å². The number of methoxy groups -OCH3 is 1. The number of piperazine rings is 1. The largest absolute Gasteiger partial charge is 0.494 e. The quantitative estimate of drug-likeness (QED) is 0.450. The number of benzene rings is 1. The number of imide groups is 1. The summed E-state index contributed by atoms with van der Waals surface area (Å²) in [5.74, 6) is 1.58. The van der Waals surface area contributed by atoms with Crippen LogP contribution in [0.1, 0.15) is 37.2 Å². The second-order valence-corrected chi connectivity index (χ2v) is 10.5. The van der Waals surface area contributed by atoms with E-state index in [0.29, 0.717) is 49.8 Å². The van der Waals surface area contributed by atoms with Gasteiger partial charge in [0.05, 0.1) is 25.5 Å². The Kier molecular flexibility index (Phi) is 8.16. The Morgan fingerprint density at radius 3 is 2.46 bits per heavy atom. The summed E-state index contributed by atoms with van der Waals surface area (Å²) >= 11 is 0. The number of pyridine rings is 1. The second-order valence-electron chi connectivity index (χ2n) is 10.5. The Balaban J connectivity index is 1.05. The molecule has 208 valence electrons. The maximum Gasteiger partial charge on any atom is 0.249 e. The summed E-state index contributed by atoms with van der Waals surface area (Å²) in [4.78, 5) is 47.1. The maximum absolute atomic E-state index is 13.0. The molecule has 0 spiro atoms. The molecule has 4 N–H and O–H groups in total. The molecular formula is C28H37N7O4. The lowest BCUT2D eigenvalue weighted by Crippen LogP contribution is -2.52. The zero-order valence-electron chi connectivity index (χ0n) is 22.4. The third kappa shape index (κ3) is 6.42. The van der Waals surface area contributed by atoms with Crippen molar-refractivity contribution < 1.29 is 19.1 Å². The summed E-state index contributed by atoms with van der Waals surface area (Å²) in [6.07, 6.45) is 4.49. The number of amides is 3. The van der Waals surface area contributed by atoms with Crippen LogP contribution in [0.5, 0.6) is 5.75 Å². The molecule has 1 atom stereocenters. The van der Waals surface area contributed by atoms with Gasteiger partial charge in [-0.15, -0.1) is 0 Å². The third-order valence-electron chi connectivity index (χ3n) is 7.97. The van der Waals surface area contributed by atoms with Crippen molar-refractivity contribution in [1.82, 2.24) is 20.1 Å². The predicted octanol–water partition coefficient (Wildman–Crippen LogP) is 1.42. The number of nitrogens with one attached hydrogen (secondary N) is 2. The van der Waals surface area contributed by atoms with Gasteiger partial charge in [0.2, 0.25) is 17.7 Å². The van der Waals surface area contributed by atoms with Crippen LogP contribution in [0.3, 0.4) is 0 Å². The van der Waals surface area contributed by atoms with Gasteiger partial charge in [0.1, 0.15) is 17.6 Å². The van der Waals surface area contributed by atoms with Gasteiger partial charge in [0.15, 0.2) is 0 Å². The number of carbonyl (C=O) groups is 3. The van der Waals surface area contributed by atoms with Crippen LogP contribution in [0.25, 0.3) is 0 Å². The molecule has 11 heteroatoms. The zero-order chi connectivity index (χ0) is 27.4. The van der Waals surface area contributed by atoms with E-state index in [9.17, 15) is 14.4 Å². The van der Waals surface area contributed by atoms with E-state index in [1.165, 1.54) is 5.56 Å². The molecular weight excluding hydrogens is 498 g/mol. The minimum absolute atomic E-state index is 0.180. The molecule has 0 radical (unpaired) electrons. The molecule has 3 saturated heterocycles. The topological polar surface area (TPSA) is 133 Å². The number of rotatable bonds is 7. The molecule has 0 saturated carbocycles. The number of hydrogen-bond acceptors (Lipinski definition) is 9. The van der Waals surface area contributed by atoms with Crippen LogP contribution < -0.4 is 26.0 Å². The normalized spacial score (nSPS) is 21.0. The molecule has 1 aromatic carbocycles. The molecule has 1 aromatic heterocycles. The SMILES string of the molecule is COc1cc(N2CCN(C(=O)CN3CCC(c4ccc(NC5CCC(=O)NC5=O)cc4)CC3)CC2)ncc1N. The monoisotopic (exact) mass is 535 g/mol. The summed E-state index contributed by atoms with van der Waals surface area (Å²) in [5.41, 5.74) is 8.55. The van der Waals surface area contributed by atoms with E-state index in [0.717, 1.165) is 50.5 Å². The smallest absolute Gasteiger partial charge is 0.249 e. The molecule has 2 aromatic rings. The Morgan fingerprint density at radius 1 is 1.08 bits per heavy atom. The minimum atomic E-state index is -0.379. The van der Waals surface area contributed by atoms with Crippen molar-refractivity contribution in [2.24, 2.45) is 0 Å². The van der Waals surface area contributed by atoms with Gasteiger partial charge in [-0.2, -0.15) is 0 Å². The van der Waals surface area contributed by atoms with E-state index < -0.39 is 0 Å². The van der Waals surface area contributed by atoms with E-state index >= 15 is 0 Å². The number of anilines is 3. The molecule has 1 unspecified atom stereocenters. The van der Waals surface area contributed by atoms with E-state index in [2.05, 4.69) is 37.6 Å². The van der Waals surface area contributed by atoms with Gasteiger partial charge in [-0.25, -0.2) is 4.98 Å². The minimum Gasteiger partial charge on any atom is -0.494 e. The summed E-state index contributed by atoms with van der Waals surface area (Å²) in [6, 6.07) is 9.71. The van der Waals surface area contributed by atoms with E-state index in [-0.39, 0.29) is 23.8 Å². The Morgan fingerprint density at radius 2 is 1.79 bits per heavy atom. The van der Waals surface area contributed by atoms with Crippen molar-refractivity contribution in [3.05, 3.63) is 42.1 Å². The number of nitrogens with zero attached hydrogens (tertiary/aromatic N) is 4. The molecule has 0 aliphatic carbocycles. The predicted molar refractivity (Wildman–Crippen MR) is 149 cm³/mol.